The van der Waals surface area contributed by atoms with Gasteiger partial charge in [-0.3, -0.25) is 5.10 Å². The minimum absolute atomic E-state index is 0.190. The van der Waals surface area contributed by atoms with Crippen LogP contribution in [0.2, 0.25) is 0 Å². The highest BCUT2D eigenvalue weighted by Gasteiger charge is 2.16. The lowest BCUT2D eigenvalue weighted by Gasteiger charge is -2.13. The normalized spacial score (nSPS) is 11.9. The Morgan fingerprint density at radius 3 is 2.50 bits per heavy atom. The highest BCUT2D eigenvalue weighted by atomic mass is 32.1. The van der Waals surface area contributed by atoms with Gasteiger partial charge in [0.2, 0.25) is 0 Å². The number of hydrogen-bond donors (Lipinski definition) is 3. The molecule has 0 atom stereocenters. The molecule has 4 heteroatoms. The smallest absolute Gasteiger partial charge is 0.145 e. The first kappa shape index (κ1) is 7.47. The maximum absolute atomic E-state index is 5.40. The Balaban J connectivity index is 2.96. The molecule has 0 unspecified atom stereocenters. The van der Waals surface area contributed by atoms with E-state index in [0.29, 0.717) is 5.82 Å². The van der Waals surface area contributed by atoms with E-state index in [1.165, 1.54) is 0 Å². The first-order valence-corrected chi connectivity index (χ1v) is 3.48. The van der Waals surface area contributed by atoms with Crippen LogP contribution >= 0.6 is 12.6 Å². The van der Waals surface area contributed by atoms with E-state index in [1.807, 2.05) is 13.8 Å². The van der Waals surface area contributed by atoms with Crippen LogP contribution < -0.4 is 5.73 Å². The fourth-order valence-corrected chi connectivity index (χ4v) is 0.765. The molecule has 1 aromatic rings. The van der Waals surface area contributed by atoms with E-state index in [9.17, 15) is 0 Å². The predicted molar refractivity (Wildman–Crippen MR) is 45.0 cm³/mol. The monoisotopic (exact) mass is 157 g/mol. The molecule has 3 nitrogen and oxygen atoms in total. The van der Waals surface area contributed by atoms with Gasteiger partial charge in [-0.05, 0) is 13.8 Å². The van der Waals surface area contributed by atoms with Gasteiger partial charge in [-0.2, -0.15) is 17.7 Å². The van der Waals surface area contributed by atoms with Crippen molar-refractivity contribution in [2.45, 2.75) is 18.6 Å². The molecular formula is C6H11N3S. The first-order valence-electron chi connectivity index (χ1n) is 3.04. The van der Waals surface area contributed by atoms with Crippen LogP contribution in [0.3, 0.4) is 0 Å². The lowest BCUT2D eigenvalue weighted by molar-refractivity contribution is 0.747. The van der Waals surface area contributed by atoms with Gasteiger partial charge in [-0.15, -0.1) is 0 Å². The zero-order valence-electron chi connectivity index (χ0n) is 6.05. The molecular weight excluding hydrogens is 146 g/mol. The number of hydrogen-bond acceptors (Lipinski definition) is 3. The highest BCUT2D eigenvalue weighted by molar-refractivity contribution is 7.81. The Morgan fingerprint density at radius 2 is 2.30 bits per heavy atom. The maximum atomic E-state index is 5.40. The summed E-state index contributed by atoms with van der Waals surface area (Å²) in [5.74, 6) is 0.511. The number of aromatic amines is 1. The average molecular weight is 157 g/mol. The average Bonchev–Trinajstić information content (AvgIpc) is 2.11. The quantitative estimate of drug-likeness (QED) is 0.536. The van der Waals surface area contributed by atoms with Crippen LogP contribution in [0.5, 0.6) is 0 Å². The van der Waals surface area contributed by atoms with Gasteiger partial charge >= 0.3 is 0 Å². The van der Waals surface area contributed by atoms with E-state index in [-0.39, 0.29) is 4.75 Å². The van der Waals surface area contributed by atoms with E-state index in [4.69, 9.17) is 5.73 Å². The number of thiol groups is 1. The third-order valence-electron chi connectivity index (χ3n) is 1.26. The van der Waals surface area contributed by atoms with Crippen molar-refractivity contribution in [2.24, 2.45) is 0 Å². The molecule has 0 aliphatic rings. The van der Waals surface area contributed by atoms with Crippen molar-refractivity contribution in [1.29, 1.82) is 0 Å². The van der Waals surface area contributed by atoms with Crippen molar-refractivity contribution >= 4 is 18.4 Å². The summed E-state index contributed by atoms with van der Waals surface area (Å²) in [6.07, 6.45) is 0. The number of H-pyrrole nitrogens is 1. The van der Waals surface area contributed by atoms with Gasteiger partial charge in [0.1, 0.15) is 5.82 Å². The first-order chi connectivity index (χ1) is 4.50. The minimum Gasteiger partial charge on any atom is -0.382 e. The van der Waals surface area contributed by atoms with E-state index in [2.05, 4.69) is 22.8 Å². The van der Waals surface area contributed by atoms with Crippen molar-refractivity contribution in [3.63, 3.8) is 0 Å². The second kappa shape index (κ2) is 2.20. The van der Waals surface area contributed by atoms with Crippen LogP contribution in [-0.4, -0.2) is 10.2 Å². The zero-order chi connectivity index (χ0) is 7.78. The van der Waals surface area contributed by atoms with Crippen LogP contribution in [0.1, 0.15) is 19.5 Å². The zero-order valence-corrected chi connectivity index (χ0v) is 6.94. The second-order valence-corrected chi connectivity index (χ2v) is 3.88. The topological polar surface area (TPSA) is 54.7 Å². The van der Waals surface area contributed by atoms with Crippen molar-refractivity contribution < 1.29 is 0 Å². The highest BCUT2D eigenvalue weighted by Crippen LogP contribution is 2.25. The Hall–Kier alpha value is -0.640. The Kier molecular flexibility index (Phi) is 1.64. The predicted octanol–water partition coefficient (Wildman–Crippen LogP) is 1.16. The molecule has 1 rings (SSSR count). The molecule has 10 heavy (non-hydrogen) atoms. The summed E-state index contributed by atoms with van der Waals surface area (Å²) in [5.41, 5.74) is 6.34. The van der Waals surface area contributed by atoms with Crippen LogP contribution in [0.4, 0.5) is 5.82 Å². The molecule has 3 N–H and O–H groups in total. The van der Waals surface area contributed by atoms with Gasteiger partial charge in [0.25, 0.3) is 0 Å². The molecule has 0 radical (unpaired) electrons. The molecule has 0 aromatic carbocycles. The molecule has 0 fully saturated rings. The van der Waals surface area contributed by atoms with Crippen molar-refractivity contribution in [2.75, 3.05) is 5.73 Å². The van der Waals surface area contributed by atoms with E-state index < -0.39 is 0 Å². The summed E-state index contributed by atoms with van der Waals surface area (Å²) < 4.78 is -0.190. The molecule has 1 heterocycles. The maximum Gasteiger partial charge on any atom is 0.145 e. The Bertz CT molecular complexity index is 223. The van der Waals surface area contributed by atoms with E-state index in [0.717, 1.165) is 5.69 Å². The summed E-state index contributed by atoms with van der Waals surface area (Å²) in [6.45, 7) is 3.95. The van der Waals surface area contributed by atoms with Gasteiger partial charge in [-0.1, -0.05) is 0 Å². The van der Waals surface area contributed by atoms with Crippen LogP contribution in [-0.2, 0) is 4.75 Å². The fraction of sp³-hybridized carbons (Fsp3) is 0.500. The number of anilines is 1. The van der Waals surface area contributed by atoms with Gasteiger partial charge in [-0.25, -0.2) is 0 Å². The Morgan fingerprint density at radius 1 is 1.70 bits per heavy atom. The number of nitrogens with zero attached hydrogens (tertiary/aromatic N) is 1. The number of nitrogens with one attached hydrogen (secondary N) is 1. The molecule has 0 amide bonds. The van der Waals surface area contributed by atoms with Gasteiger partial charge in [0.05, 0.1) is 5.69 Å². The minimum atomic E-state index is -0.190. The largest absolute Gasteiger partial charge is 0.382 e. The standard InChI is InChI=1S/C6H11N3S/c1-6(2,10)4-3-5(7)9-8-4/h3,10H,1-2H3,(H3,7,8,9). The van der Waals surface area contributed by atoms with E-state index in [1.54, 1.807) is 6.07 Å². The number of rotatable bonds is 1. The summed E-state index contributed by atoms with van der Waals surface area (Å²) in [6, 6.07) is 1.78. The second-order valence-electron chi connectivity index (χ2n) is 2.77. The third-order valence-corrected chi connectivity index (χ3v) is 1.50. The molecule has 0 spiro atoms. The fourth-order valence-electron chi connectivity index (χ4n) is 0.651. The van der Waals surface area contributed by atoms with Gasteiger partial charge in [0.15, 0.2) is 0 Å². The molecule has 0 saturated carbocycles. The lowest BCUT2D eigenvalue weighted by Crippen LogP contribution is -2.07. The van der Waals surface area contributed by atoms with Crippen LogP contribution in [0.15, 0.2) is 6.07 Å². The molecule has 0 saturated heterocycles. The molecule has 56 valence electrons. The van der Waals surface area contributed by atoms with Gasteiger partial charge < -0.3 is 5.73 Å². The number of nitrogens with two attached hydrogens (primary N) is 1. The molecule has 0 bridgehead atoms. The van der Waals surface area contributed by atoms with Gasteiger partial charge in [0, 0.05) is 10.8 Å². The molecule has 0 aliphatic carbocycles. The molecule has 1 aromatic heterocycles. The lowest BCUT2D eigenvalue weighted by atomic mass is 10.1. The van der Waals surface area contributed by atoms with E-state index >= 15 is 0 Å². The molecule has 0 aliphatic heterocycles. The summed E-state index contributed by atoms with van der Waals surface area (Å²) in [7, 11) is 0. The number of nitrogen functional groups attached to an aromatic ring is 1. The third kappa shape index (κ3) is 1.44. The van der Waals surface area contributed by atoms with Crippen molar-refractivity contribution in [1.82, 2.24) is 10.2 Å². The SMILES string of the molecule is CC(C)(S)c1cc(N)n[nH]1. The van der Waals surface area contributed by atoms with Crippen LogP contribution in [0, 0.1) is 0 Å². The van der Waals surface area contributed by atoms with Crippen molar-refractivity contribution in [3.05, 3.63) is 11.8 Å². The van der Waals surface area contributed by atoms with Crippen LogP contribution in [0.25, 0.3) is 0 Å². The Labute approximate surface area is 65.4 Å². The number of aromatic nitrogens is 2. The summed E-state index contributed by atoms with van der Waals surface area (Å²) >= 11 is 4.33. The summed E-state index contributed by atoms with van der Waals surface area (Å²) in [4.78, 5) is 0. The van der Waals surface area contributed by atoms with Crippen molar-refractivity contribution in [3.8, 4) is 0 Å². The summed E-state index contributed by atoms with van der Waals surface area (Å²) in [5, 5.41) is 6.58.